The molecule has 0 aliphatic rings. The molecule has 0 unspecified atom stereocenters. The highest BCUT2D eigenvalue weighted by Crippen LogP contribution is 2.29. The van der Waals surface area contributed by atoms with E-state index in [0.29, 0.717) is 17.2 Å². The molecule has 1 amide bonds. The minimum atomic E-state index is -4.13. The van der Waals surface area contributed by atoms with E-state index in [9.17, 15) is 13.2 Å². The van der Waals surface area contributed by atoms with Gasteiger partial charge >= 0.3 is 0 Å². The summed E-state index contributed by atoms with van der Waals surface area (Å²) in [7, 11) is -2.55. The summed E-state index contributed by atoms with van der Waals surface area (Å²) in [6.45, 7) is 3.57. The van der Waals surface area contributed by atoms with E-state index in [2.05, 4.69) is 10.3 Å². The molecular formula is C29H29N3O5S. The third-order valence-electron chi connectivity index (χ3n) is 6.04. The fourth-order valence-electron chi connectivity index (χ4n) is 3.75. The molecule has 0 spiro atoms. The minimum Gasteiger partial charge on any atom is -0.497 e. The quantitative estimate of drug-likeness (QED) is 0.309. The second-order valence-electron chi connectivity index (χ2n) is 8.60. The third-order valence-corrected chi connectivity index (χ3v) is 7.79. The van der Waals surface area contributed by atoms with Gasteiger partial charge in [0.05, 0.1) is 19.0 Å². The lowest BCUT2D eigenvalue weighted by atomic mass is 10.1. The van der Waals surface area contributed by atoms with Crippen LogP contribution in [0.4, 0.5) is 5.69 Å². The van der Waals surface area contributed by atoms with Gasteiger partial charge in [-0.1, -0.05) is 42.5 Å². The van der Waals surface area contributed by atoms with Crippen molar-refractivity contribution in [3.8, 4) is 17.4 Å². The van der Waals surface area contributed by atoms with Gasteiger partial charge in [-0.25, -0.2) is 13.4 Å². The molecular weight excluding hydrogens is 502 g/mol. The number of sulfonamides is 1. The van der Waals surface area contributed by atoms with Gasteiger partial charge in [-0.15, -0.1) is 0 Å². The Balaban J connectivity index is 1.57. The number of carbonyl (C=O) groups is 1. The molecule has 4 aromatic rings. The first-order valence-corrected chi connectivity index (χ1v) is 13.4. The molecule has 0 atom stereocenters. The Hall–Kier alpha value is -4.37. The molecule has 8 nitrogen and oxygen atoms in total. The van der Waals surface area contributed by atoms with E-state index in [0.717, 1.165) is 21.0 Å². The van der Waals surface area contributed by atoms with Crippen LogP contribution >= 0.6 is 0 Å². The zero-order valence-electron chi connectivity index (χ0n) is 21.4. The van der Waals surface area contributed by atoms with Crippen LogP contribution in [0.15, 0.2) is 96.0 Å². The SMILES string of the molecule is COc1ccc(CNC(=O)CN(c2cccc(C)c2C)S(=O)(=O)c2ccc(Oc3ccccc3)nc2)cc1. The van der Waals surface area contributed by atoms with Crippen LogP contribution in [0.3, 0.4) is 0 Å². The van der Waals surface area contributed by atoms with Gasteiger partial charge in [-0.2, -0.15) is 0 Å². The van der Waals surface area contributed by atoms with E-state index in [4.69, 9.17) is 9.47 Å². The monoisotopic (exact) mass is 531 g/mol. The van der Waals surface area contributed by atoms with E-state index in [1.54, 1.807) is 43.5 Å². The van der Waals surface area contributed by atoms with Gasteiger partial charge in [0, 0.05) is 12.6 Å². The second kappa shape index (κ2) is 11.8. The number of anilines is 1. The van der Waals surface area contributed by atoms with Gasteiger partial charge in [0.15, 0.2) is 0 Å². The number of carbonyl (C=O) groups excluding carboxylic acids is 1. The fourth-order valence-corrected chi connectivity index (χ4v) is 5.18. The summed E-state index contributed by atoms with van der Waals surface area (Å²) in [5.74, 6) is 1.11. The predicted octanol–water partition coefficient (Wildman–Crippen LogP) is 5.01. The summed E-state index contributed by atoms with van der Waals surface area (Å²) in [4.78, 5) is 17.1. The van der Waals surface area contributed by atoms with Gasteiger partial charge in [-0.05, 0) is 66.9 Å². The molecule has 0 bridgehead atoms. The van der Waals surface area contributed by atoms with Crippen molar-refractivity contribution in [1.82, 2.24) is 10.3 Å². The number of nitrogens with zero attached hydrogens (tertiary/aromatic N) is 2. The Bertz CT molecular complexity index is 1490. The number of para-hydroxylation sites is 1. The summed E-state index contributed by atoms with van der Waals surface area (Å²) in [5.41, 5.74) is 2.95. The highest BCUT2D eigenvalue weighted by Gasteiger charge is 2.29. The van der Waals surface area contributed by atoms with Crippen LogP contribution in [0.5, 0.6) is 17.4 Å². The molecule has 4 rings (SSSR count). The zero-order chi connectivity index (χ0) is 27.1. The number of aryl methyl sites for hydroxylation is 1. The maximum Gasteiger partial charge on any atom is 0.266 e. The second-order valence-corrected chi connectivity index (χ2v) is 10.5. The number of hydrogen-bond donors (Lipinski definition) is 1. The normalized spacial score (nSPS) is 11.0. The topological polar surface area (TPSA) is 97.8 Å². The highest BCUT2D eigenvalue weighted by molar-refractivity contribution is 7.92. The van der Waals surface area contributed by atoms with E-state index in [-0.39, 0.29) is 17.3 Å². The Kier molecular flexibility index (Phi) is 8.28. The van der Waals surface area contributed by atoms with E-state index >= 15 is 0 Å². The largest absolute Gasteiger partial charge is 0.497 e. The molecule has 196 valence electrons. The Morgan fingerprint density at radius 1 is 0.895 bits per heavy atom. The van der Waals surface area contributed by atoms with Gasteiger partial charge in [-0.3, -0.25) is 9.10 Å². The maximum atomic E-state index is 13.8. The van der Waals surface area contributed by atoms with Gasteiger partial charge in [0.2, 0.25) is 11.8 Å². The van der Waals surface area contributed by atoms with Crippen LogP contribution in [0.25, 0.3) is 0 Å². The molecule has 38 heavy (non-hydrogen) atoms. The van der Waals surface area contributed by atoms with E-state index in [1.807, 2.05) is 50.2 Å². The van der Waals surface area contributed by atoms with E-state index in [1.165, 1.54) is 18.3 Å². The minimum absolute atomic E-state index is 0.0539. The van der Waals surface area contributed by atoms with Crippen LogP contribution in [0.2, 0.25) is 0 Å². The van der Waals surface area contributed by atoms with Crippen molar-refractivity contribution < 1.29 is 22.7 Å². The molecule has 0 saturated heterocycles. The molecule has 0 fully saturated rings. The molecule has 1 N–H and O–H groups in total. The number of aromatic nitrogens is 1. The van der Waals surface area contributed by atoms with Crippen molar-refractivity contribution in [2.45, 2.75) is 25.3 Å². The van der Waals surface area contributed by atoms with Gasteiger partial charge in [0.1, 0.15) is 22.9 Å². The Morgan fingerprint density at radius 3 is 2.29 bits per heavy atom. The van der Waals surface area contributed by atoms with Crippen LogP contribution in [0.1, 0.15) is 16.7 Å². The first-order chi connectivity index (χ1) is 18.3. The number of rotatable bonds is 10. The van der Waals surface area contributed by atoms with Crippen LogP contribution in [0, 0.1) is 13.8 Å². The zero-order valence-corrected chi connectivity index (χ0v) is 22.2. The molecule has 3 aromatic carbocycles. The van der Waals surface area contributed by atoms with Crippen molar-refractivity contribution in [3.63, 3.8) is 0 Å². The number of pyridine rings is 1. The summed E-state index contributed by atoms with van der Waals surface area (Å²) >= 11 is 0. The Labute approximate surface area is 222 Å². The molecule has 1 aromatic heterocycles. The first-order valence-electron chi connectivity index (χ1n) is 12.0. The van der Waals surface area contributed by atoms with Crippen LogP contribution < -0.4 is 19.1 Å². The number of ether oxygens (including phenoxy) is 2. The Morgan fingerprint density at radius 2 is 1.63 bits per heavy atom. The number of nitrogens with one attached hydrogen (secondary N) is 1. The third kappa shape index (κ3) is 6.30. The lowest BCUT2D eigenvalue weighted by Crippen LogP contribution is -2.41. The number of benzene rings is 3. The van der Waals surface area contributed by atoms with Gasteiger partial charge in [0.25, 0.3) is 10.0 Å². The maximum absolute atomic E-state index is 13.8. The predicted molar refractivity (Wildman–Crippen MR) is 146 cm³/mol. The van der Waals surface area contributed by atoms with E-state index < -0.39 is 22.5 Å². The average molecular weight is 532 g/mol. The lowest BCUT2D eigenvalue weighted by molar-refractivity contribution is -0.119. The molecule has 1 heterocycles. The van der Waals surface area contributed by atoms with Crippen molar-refractivity contribution in [3.05, 3.63) is 108 Å². The summed E-state index contributed by atoms with van der Waals surface area (Å²) in [6, 6.07) is 24.6. The van der Waals surface area contributed by atoms with Crippen LogP contribution in [-0.2, 0) is 21.4 Å². The first kappa shape index (κ1) is 26.7. The van der Waals surface area contributed by atoms with Gasteiger partial charge < -0.3 is 14.8 Å². The number of amides is 1. The van der Waals surface area contributed by atoms with Crippen molar-refractivity contribution in [2.75, 3.05) is 18.0 Å². The fraction of sp³-hybridized carbons (Fsp3) is 0.172. The highest BCUT2D eigenvalue weighted by atomic mass is 32.2. The number of hydrogen-bond acceptors (Lipinski definition) is 6. The summed E-state index contributed by atoms with van der Waals surface area (Å²) in [6.07, 6.45) is 1.24. The molecule has 9 heteroatoms. The molecule has 0 radical (unpaired) electrons. The average Bonchev–Trinajstić information content (AvgIpc) is 2.93. The van der Waals surface area contributed by atoms with Crippen molar-refractivity contribution >= 4 is 21.6 Å². The molecule has 0 aliphatic carbocycles. The van der Waals surface area contributed by atoms with Crippen molar-refractivity contribution in [2.24, 2.45) is 0 Å². The molecule has 0 aliphatic heterocycles. The summed E-state index contributed by atoms with van der Waals surface area (Å²) in [5, 5.41) is 2.81. The molecule has 0 saturated carbocycles. The summed E-state index contributed by atoms with van der Waals surface area (Å²) < 4.78 is 39.6. The lowest BCUT2D eigenvalue weighted by Gasteiger charge is -2.26. The standard InChI is InChI=1S/C29H29N3O5S/c1-21-8-7-11-27(22(21)2)32(20-28(33)30-18-23-12-14-24(36-3)15-13-23)38(34,35)26-16-17-29(31-19-26)37-25-9-5-4-6-10-25/h4-17,19H,18,20H2,1-3H3,(H,30,33). The number of methoxy groups -OCH3 is 1. The van der Waals surface area contributed by atoms with Crippen LogP contribution in [-0.4, -0.2) is 33.0 Å². The smallest absolute Gasteiger partial charge is 0.266 e. The van der Waals surface area contributed by atoms with Crippen molar-refractivity contribution in [1.29, 1.82) is 0 Å².